The number of aliphatic hydroxyl groups is 1. The lowest BCUT2D eigenvalue weighted by Crippen LogP contribution is -2.46. The normalized spacial score (nSPS) is 23.7. The molecule has 0 radical (unpaired) electrons. The van der Waals surface area contributed by atoms with Crippen LogP contribution in [0.4, 0.5) is 0 Å². The van der Waals surface area contributed by atoms with Crippen molar-refractivity contribution in [2.24, 2.45) is 11.3 Å². The number of pyridine rings is 1. The molecule has 3 rings (SSSR count). The molecule has 2 heterocycles. The molecule has 1 aliphatic carbocycles. The molecule has 1 saturated carbocycles. The van der Waals surface area contributed by atoms with E-state index in [4.69, 9.17) is 4.52 Å². The van der Waals surface area contributed by atoms with Crippen molar-refractivity contribution in [3.63, 3.8) is 0 Å². The smallest absolute Gasteiger partial charge is 0.257 e. The lowest BCUT2D eigenvalue weighted by molar-refractivity contribution is -0.0228. The number of hydrogen-bond acceptors (Lipinski definition) is 5. The van der Waals surface area contributed by atoms with Crippen LogP contribution in [0.2, 0.25) is 0 Å². The topological polar surface area (TPSA) is 88.2 Å². The average Bonchev–Trinajstić information content (AvgIpc) is 3.02. The first-order valence-corrected chi connectivity index (χ1v) is 9.85. The van der Waals surface area contributed by atoms with E-state index in [9.17, 15) is 9.90 Å². The minimum Gasteiger partial charge on any atom is -0.388 e. The molecule has 1 amide bonds. The molecule has 1 aliphatic rings. The molecular formula is C21H31N3O3. The van der Waals surface area contributed by atoms with Gasteiger partial charge in [-0.3, -0.25) is 4.79 Å². The number of amides is 1. The van der Waals surface area contributed by atoms with Gasteiger partial charge in [-0.1, -0.05) is 39.8 Å². The maximum atomic E-state index is 12.6. The van der Waals surface area contributed by atoms with Crippen LogP contribution in [0, 0.1) is 11.3 Å². The molecule has 0 aromatic carbocycles. The molecule has 0 atom stereocenters. The van der Waals surface area contributed by atoms with E-state index in [1.807, 2.05) is 13.8 Å². The molecule has 0 aliphatic heterocycles. The summed E-state index contributed by atoms with van der Waals surface area (Å²) in [6.45, 7) is 11.1. The Balaban J connectivity index is 1.64. The first-order chi connectivity index (χ1) is 12.6. The van der Waals surface area contributed by atoms with E-state index in [1.165, 1.54) is 6.20 Å². The summed E-state index contributed by atoms with van der Waals surface area (Å²) in [5.74, 6) is 0.569. The number of rotatable bonds is 4. The molecule has 2 aromatic rings. The van der Waals surface area contributed by atoms with Gasteiger partial charge in [0.25, 0.3) is 11.6 Å². The van der Waals surface area contributed by atoms with Gasteiger partial charge in [0.15, 0.2) is 0 Å². The molecule has 1 fully saturated rings. The Morgan fingerprint density at radius 1 is 1.37 bits per heavy atom. The van der Waals surface area contributed by atoms with E-state index in [0.29, 0.717) is 17.2 Å². The van der Waals surface area contributed by atoms with E-state index >= 15 is 0 Å². The zero-order valence-corrected chi connectivity index (χ0v) is 17.0. The Bertz CT molecular complexity index is 812. The third-order valence-electron chi connectivity index (χ3n) is 5.89. The van der Waals surface area contributed by atoms with Gasteiger partial charge in [0, 0.05) is 12.7 Å². The quantitative estimate of drug-likeness (QED) is 0.844. The molecule has 2 N–H and O–H groups in total. The van der Waals surface area contributed by atoms with Crippen molar-refractivity contribution in [1.29, 1.82) is 0 Å². The summed E-state index contributed by atoms with van der Waals surface area (Å²) in [6, 6.07) is 1.77. The third kappa shape index (κ3) is 4.32. The highest BCUT2D eigenvalue weighted by Crippen LogP contribution is 2.41. The van der Waals surface area contributed by atoms with Gasteiger partial charge in [0.05, 0.1) is 22.2 Å². The van der Waals surface area contributed by atoms with E-state index in [0.717, 1.165) is 36.8 Å². The van der Waals surface area contributed by atoms with E-state index in [1.54, 1.807) is 6.07 Å². The number of carbonyl (C=O) groups is 1. The lowest BCUT2D eigenvalue weighted by Gasteiger charge is -2.41. The summed E-state index contributed by atoms with van der Waals surface area (Å²) < 4.78 is 5.22. The molecule has 0 unspecified atom stereocenters. The van der Waals surface area contributed by atoms with Crippen LogP contribution in [0.1, 0.15) is 82.3 Å². The second kappa shape index (κ2) is 7.23. The number of carbonyl (C=O) groups excluding carboxylic acids is 1. The van der Waals surface area contributed by atoms with Crippen molar-refractivity contribution in [2.45, 2.75) is 71.8 Å². The number of fused-ring (bicyclic) bond motifs is 1. The Labute approximate surface area is 160 Å². The Kier molecular flexibility index (Phi) is 5.30. The Morgan fingerprint density at radius 3 is 2.63 bits per heavy atom. The fourth-order valence-electron chi connectivity index (χ4n) is 3.94. The molecule has 27 heavy (non-hydrogen) atoms. The van der Waals surface area contributed by atoms with Crippen LogP contribution in [0.5, 0.6) is 0 Å². The highest BCUT2D eigenvalue weighted by molar-refractivity contribution is 5.97. The van der Waals surface area contributed by atoms with Gasteiger partial charge in [-0.15, -0.1) is 0 Å². The first-order valence-electron chi connectivity index (χ1n) is 9.85. The Morgan fingerprint density at radius 2 is 2.04 bits per heavy atom. The molecule has 0 bridgehead atoms. The van der Waals surface area contributed by atoms with Gasteiger partial charge in [0.2, 0.25) is 0 Å². The van der Waals surface area contributed by atoms with Gasteiger partial charge in [0.1, 0.15) is 0 Å². The number of aromatic nitrogens is 2. The van der Waals surface area contributed by atoms with Crippen molar-refractivity contribution in [1.82, 2.24) is 15.5 Å². The standard InChI is InChI=1S/C21H31N3O3/c1-13(2)17-16-10-14(11-22-19(16)27-24-17)18(25)23-12-21(26)8-6-15(7-9-21)20(3,4)5/h10-11,13,15,26H,6-9,12H2,1-5H3,(H,23,25). The molecular weight excluding hydrogens is 342 g/mol. The van der Waals surface area contributed by atoms with Gasteiger partial charge in [-0.2, -0.15) is 0 Å². The molecule has 0 spiro atoms. The molecule has 6 heteroatoms. The summed E-state index contributed by atoms with van der Waals surface area (Å²) in [6.07, 6.45) is 4.91. The van der Waals surface area contributed by atoms with Crippen LogP contribution in [-0.2, 0) is 0 Å². The van der Waals surface area contributed by atoms with Crippen molar-refractivity contribution >= 4 is 17.0 Å². The predicted molar refractivity (Wildman–Crippen MR) is 105 cm³/mol. The fourth-order valence-corrected chi connectivity index (χ4v) is 3.94. The van der Waals surface area contributed by atoms with Gasteiger partial charge in [-0.05, 0) is 49.0 Å². The van der Waals surface area contributed by atoms with Gasteiger partial charge < -0.3 is 14.9 Å². The van der Waals surface area contributed by atoms with Crippen molar-refractivity contribution in [2.75, 3.05) is 6.54 Å². The molecule has 0 saturated heterocycles. The first kappa shape index (κ1) is 19.8. The maximum absolute atomic E-state index is 12.6. The predicted octanol–water partition coefficient (Wildman–Crippen LogP) is 4.04. The van der Waals surface area contributed by atoms with Crippen LogP contribution in [0.15, 0.2) is 16.8 Å². The van der Waals surface area contributed by atoms with E-state index in [2.05, 4.69) is 36.2 Å². The SMILES string of the molecule is CC(C)c1noc2ncc(C(=O)NCC3(O)CCC(C(C)(C)C)CC3)cc12. The van der Waals surface area contributed by atoms with E-state index < -0.39 is 5.60 Å². The monoisotopic (exact) mass is 373 g/mol. The number of hydrogen-bond donors (Lipinski definition) is 2. The summed E-state index contributed by atoms with van der Waals surface area (Å²) >= 11 is 0. The van der Waals surface area contributed by atoms with Crippen molar-refractivity contribution < 1.29 is 14.4 Å². The van der Waals surface area contributed by atoms with Crippen LogP contribution >= 0.6 is 0 Å². The number of nitrogens with one attached hydrogen (secondary N) is 1. The molecule has 2 aromatic heterocycles. The largest absolute Gasteiger partial charge is 0.388 e. The average molecular weight is 373 g/mol. The highest BCUT2D eigenvalue weighted by Gasteiger charge is 2.37. The third-order valence-corrected chi connectivity index (χ3v) is 5.89. The maximum Gasteiger partial charge on any atom is 0.257 e. The van der Waals surface area contributed by atoms with Crippen LogP contribution < -0.4 is 5.32 Å². The zero-order valence-electron chi connectivity index (χ0n) is 17.0. The van der Waals surface area contributed by atoms with Crippen LogP contribution in [0.3, 0.4) is 0 Å². The fraction of sp³-hybridized carbons (Fsp3) is 0.667. The summed E-state index contributed by atoms with van der Waals surface area (Å²) in [4.78, 5) is 16.8. The highest BCUT2D eigenvalue weighted by atomic mass is 16.5. The summed E-state index contributed by atoms with van der Waals surface area (Å²) in [7, 11) is 0. The van der Waals surface area contributed by atoms with E-state index in [-0.39, 0.29) is 23.8 Å². The minimum absolute atomic E-state index is 0.185. The summed E-state index contributed by atoms with van der Waals surface area (Å²) in [5.41, 5.74) is 1.13. The van der Waals surface area contributed by atoms with Gasteiger partial charge in [-0.25, -0.2) is 4.98 Å². The van der Waals surface area contributed by atoms with Crippen molar-refractivity contribution in [3.8, 4) is 0 Å². The second-order valence-electron chi connectivity index (χ2n) is 9.35. The van der Waals surface area contributed by atoms with Crippen LogP contribution in [-0.4, -0.2) is 33.3 Å². The molecule has 148 valence electrons. The number of nitrogens with zero attached hydrogens (tertiary/aromatic N) is 2. The second-order valence-corrected chi connectivity index (χ2v) is 9.35. The minimum atomic E-state index is -0.824. The lowest BCUT2D eigenvalue weighted by atomic mass is 9.68. The Hall–Kier alpha value is -1.95. The molecule has 6 nitrogen and oxygen atoms in total. The van der Waals surface area contributed by atoms with Crippen LogP contribution in [0.25, 0.3) is 11.1 Å². The summed E-state index contributed by atoms with van der Waals surface area (Å²) in [5, 5.41) is 18.5. The zero-order chi connectivity index (χ0) is 19.8. The van der Waals surface area contributed by atoms with Gasteiger partial charge >= 0.3 is 0 Å². The van der Waals surface area contributed by atoms with Crippen molar-refractivity contribution in [3.05, 3.63) is 23.5 Å².